The molecule has 144 valence electrons. The van der Waals surface area contributed by atoms with Crippen molar-refractivity contribution in [3.05, 3.63) is 30.1 Å². The zero-order valence-corrected chi connectivity index (χ0v) is 16.1. The molecule has 0 aliphatic carbocycles. The van der Waals surface area contributed by atoms with Gasteiger partial charge in [0.1, 0.15) is 12.4 Å². The van der Waals surface area contributed by atoms with Gasteiger partial charge in [-0.3, -0.25) is 9.59 Å². The van der Waals surface area contributed by atoms with Crippen LogP contribution in [0.25, 0.3) is 11.0 Å². The normalized spacial score (nSPS) is 20.4. The number of amides is 2. The molecule has 0 N–H and O–H groups in total. The van der Waals surface area contributed by atoms with Crippen LogP contribution in [0.2, 0.25) is 0 Å². The van der Waals surface area contributed by atoms with Gasteiger partial charge < -0.3 is 14.4 Å². The number of carbonyl (C=O) groups is 2. The van der Waals surface area contributed by atoms with Crippen LogP contribution >= 0.6 is 0 Å². The lowest BCUT2D eigenvalue weighted by atomic mass is 10.1. The molecule has 0 radical (unpaired) electrons. The molecule has 2 fully saturated rings. The topological polar surface area (TPSA) is 58.4 Å². The Hall–Kier alpha value is -2.37. The van der Waals surface area contributed by atoms with Crippen LogP contribution in [0.5, 0.6) is 0 Å². The number of para-hydroxylation sites is 2. The molecule has 3 heterocycles. The van der Waals surface area contributed by atoms with Crippen LogP contribution in [0.15, 0.2) is 24.3 Å². The van der Waals surface area contributed by atoms with E-state index < -0.39 is 0 Å². The van der Waals surface area contributed by atoms with Gasteiger partial charge in [-0.15, -0.1) is 0 Å². The van der Waals surface area contributed by atoms with Gasteiger partial charge in [0.2, 0.25) is 11.8 Å². The van der Waals surface area contributed by atoms with Gasteiger partial charge in [0.05, 0.1) is 17.1 Å². The average molecular weight is 368 g/mol. The Labute approximate surface area is 160 Å². The number of aromatic nitrogens is 2. The van der Waals surface area contributed by atoms with Crippen molar-refractivity contribution in [2.75, 3.05) is 19.6 Å². The van der Waals surface area contributed by atoms with E-state index in [1.807, 2.05) is 41.0 Å². The molecule has 6 heteroatoms. The number of fused-ring (bicyclic) bond motifs is 1. The minimum Gasteiger partial charge on any atom is -0.341 e. The first-order chi connectivity index (χ1) is 13.2. The van der Waals surface area contributed by atoms with Gasteiger partial charge in [-0.2, -0.15) is 0 Å². The summed E-state index contributed by atoms with van der Waals surface area (Å²) in [5, 5.41) is 0. The smallest absolute Gasteiger partial charge is 0.242 e. The number of imidazole rings is 1. The Balaban J connectivity index is 1.69. The SMILES string of the molecule is CCC(=O)N1CCC[C@@H]1c1nc2ccccc2n1CC(=O)N1CCCCC1. The summed E-state index contributed by atoms with van der Waals surface area (Å²) in [6.07, 6.45) is 5.78. The van der Waals surface area contributed by atoms with Crippen LogP contribution in [0.4, 0.5) is 0 Å². The van der Waals surface area contributed by atoms with Gasteiger partial charge in [0.15, 0.2) is 0 Å². The fourth-order valence-corrected chi connectivity index (χ4v) is 4.43. The summed E-state index contributed by atoms with van der Waals surface area (Å²) in [7, 11) is 0. The van der Waals surface area contributed by atoms with Crippen molar-refractivity contribution >= 4 is 22.8 Å². The molecular formula is C21H28N4O2. The summed E-state index contributed by atoms with van der Waals surface area (Å²) in [6.45, 7) is 4.69. The first kappa shape index (κ1) is 18.0. The van der Waals surface area contributed by atoms with Gasteiger partial charge in [0.25, 0.3) is 0 Å². The van der Waals surface area contributed by atoms with E-state index in [0.29, 0.717) is 13.0 Å². The van der Waals surface area contributed by atoms with Gasteiger partial charge in [-0.05, 0) is 44.2 Å². The molecule has 1 aromatic heterocycles. The quantitative estimate of drug-likeness (QED) is 0.833. The molecule has 2 aliphatic rings. The molecule has 0 spiro atoms. The number of benzene rings is 1. The average Bonchev–Trinajstić information content (AvgIpc) is 3.33. The number of likely N-dealkylation sites (tertiary alicyclic amines) is 2. The Bertz CT molecular complexity index is 838. The second-order valence-electron chi connectivity index (χ2n) is 7.59. The highest BCUT2D eigenvalue weighted by Gasteiger charge is 2.33. The standard InChI is InChI=1S/C21H28N4O2/c1-2-19(26)24-14-8-11-18(24)21-22-16-9-4-5-10-17(16)25(21)15-20(27)23-12-6-3-7-13-23/h4-5,9-10,18H,2-3,6-8,11-15H2,1H3/t18-/m1/s1. The van der Waals surface area contributed by atoms with E-state index in [4.69, 9.17) is 4.98 Å². The zero-order chi connectivity index (χ0) is 18.8. The monoisotopic (exact) mass is 368 g/mol. The van der Waals surface area contributed by atoms with Crippen molar-refractivity contribution in [3.63, 3.8) is 0 Å². The third-order valence-electron chi connectivity index (χ3n) is 5.86. The molecule has 2 amide bonds. The lowest BCUT2D eigenvalue weighted by molar-refractivity contribution is -0.132. The molecule has 2 saturated heterocycles. The minimum absolute atomic E-state index is 0.0287. The first-order valence-electron chi connectivity index (χ1n) is 10.2. The predicted octanol–water partition coefficient (Wildman–Crippen LogP) is 3.12. The number of nitrogens with zero attached hydrogens (tertiary/aromatic N) is 4. The van der Waals surface area contributed by atoms with Gasteiger partial charge in [-0.1, -0.05) is 19.1 Å². The third-order valence-corrected chi connectivity index (χ3v) is 5.86. The van der Waals surface area contributed by atoms with Crippen molar-refractivity contribution in [1.82, 2.24) is 19.4 Å². The van der Waals surface area contributed by atoms with Crippen LogP contribution in [-0.2, 0) is 16.1 Å². The molecule has 27 heavy (non-hydrogen) atoms. The van der Waals surface area contributed by atoms with Crippen LogP contribution < -0.4 is 0 Å². The maximum Gasteiger partial charge on any atom is 0.242 e. The summed E-state index contributed by atoms with van der Waals surface area (Å²) < 4.78 is 2.05. The van der Waals surface area contributed by atoms with Crippen LogP contribution in [0, 0.1) is 0 Å². The van der Waals surface area contributed by atoms with Gasteiger partial charge >= 0.3 is 0 Å². The second kappa shape index (κ2) is 7.71. The minimum atomic E-state index is -0.0287. The zero-order valence-electron chi connectivity index (χ0n) is 16.1. The molecule has 0 saturated carbocycles. The van der Waals surface area contributed by atoms with Crippen LogP contribution in [0.1, 0.15) is 57.3 Å². The van der Waals surface area contributed by atoms with Crippen molar-refractivity contribution in [3.8, 4) is 0 Å². The maximum atomic E-state index is 12.9. The Kier molecular flexibility index (Phi) is 5.14. The molecule has 4 rings (SSSR count). The Morgan fingerprint density at radius 2 is 1.81 bits per heavy atom. The van der Waals surface area contributed by atoms with E-state index in [2.05, 4.69) is 4.57 Å². The molecular weight excluding hydrogens is 340 g/mol. The predicted molar refractivity (Wildman–Crippen MR) is 104 cm³/mol. The lowest BCUT2D eigenvalue weighted by Gasteiger charge is -2.28. The summed E-state index contributed by atoms with van der Waals surface area (Å²) >= 11 is 0. The fourth-order valence-electron chi connectivity index (χ4n) is 4.43. The second-order valence-corrected chi connectivity index (χ2v) is 7.59. The molecule has 2 aromatic rings. The van der Waals surface area contributed by atoms with E-state index >= 15 is 0 Å². The van der Waals surface area contributed by atoms with E-state index in [1.165, 1.54) is 6.42 Å². The Morgan fingerprint density at radius 3 is 2.59 bits per heavy atom. The molecule has 6 nitrogen and oxygen atoms in total. The van der Waals surface area contributed by atoms with E-state index in [-0.39, 0.29) is 17.9 Å². The molecule has 0 bridgehead atoms. The first-order valence-corrected chi connectivity index (χ1v) is 10.2. The number of piperidine rings is 1. The number of carbonyl (C=O) groups excluding carboxylic acids is 2. The summed E-state index contributed by atoms with van der Waals surface area (Å²) in [6, 6.07) is 7.94. The van der Waals surface area contributed by atoms with Crippen molar-refractivity contribution in [1.29, 1.82) is 0 Å². The van der Waals surface area contributed by atoms with Gasteiger partial charge in [0, 0.05) is 26.1 Å². The highest BCUT2D eigenvalue weighted by Crippen LogP contribution is 2.34. The summed E-state index contributed by atoms with van der Waals surface area (Å²) in [4.78, 5) is 34.1. The van der Waals surface area contributed by atoms with Crippen LogP contribution in [0.3, 0.4) is 0 Å². The molecule has 2 aliphatic heterocycles. The number of hydrogen-bond acceptors (Lipinski definition) is 3. The number of rotatable bonds is 4. The third kappa shape index (κ3) is 3.45. The summed E-state index contributed by atoms with van der Waals surface area (Å²) in [5.74, 6) is 1.18. The van der Waals surface area contributed by atoms with Crippen molar-refractivity contribution < 1.29 is 9.59 Å². The fraction of sp³-hybridized carbons (Fsp3) is 0.571. The van der Waals surface area contributed by atoms with Crippen LogP contribution in [-0.4, -0.2) is 50.8 Å². The highest BCUT2D eigenvalue weighted by molar-refractivity contribution is 5.82. The number of hydrogen-bond donors (Lipinski definition) is 0. The van der Waals surface area contributed by atoms with Crippen molar-refractivity contribution in [2.24, 2.45) is 0 Å². The van der Waals surface area contributed by atoms with E-state index in [0.717, 1.165) is 62.2 Å². The summed E-state index contributed by atoms with van der Waals surface area (Å²) in [5.41, 5.74) is 1.88. The van der Waals surface area contributed by atoms with E-state index in [9.17, 15) is 9.59 Å². The Morgan fingerprint density at radius 1 is 1.04 bits per heavy atom. The van der Waals surface area contributed by atoms with E-state index in [1.54, 1.807) is 0 Å². The highest BCUT2D eigenvalue weighted by atomic mass is 16.2. The molecule has 1 atom stereocenters. The largest absolute Gasteiger partial charge is 0.341 e. The maximum absolute atomic E-state index is 12.9. The van der Waals surface area contributed by atoms with Crippen molar-refractivity contribution in [2.45, 2.75) is 58.0 Å². The lowest BCUT2D eigenvalue weighted by Crippen LogP contribution is -2.38. The molecule has 1 aromatic carbocycles. The van der Waals surface area contributed by atoms with Gasteiger partial charge in [-0.25, -0.2) is 4.98 Å². The molecule has 0 unspecified atom stereocenters.